The van der Waals surface area contributed by atoms with Crippen LogP contribution in [0, 0.1) is 0 Å². The predicted octanol–water partition coefficient (Wildman–Crippen LogP) is 2.92. The fraction of sp³-hybridized carbons (Fsp3) is 0.429. The van der Waals surface area contributed by atoms with Gasteiger partial charge in [-0.05, 0) is 20.8 Å². The van der Waals surface area contributed by atoms with Crippen LogP contribution in [0.2, 0.25) is 10.0 Å². The van der Waals surface area contributed by atoms with Crippen LogP contribution in [0.1, 0.15) is 52.1 Å². The second-order valence-corrected chi connectivity index (χ2v) is 4.73. The second-order valence-electron chi connectivity index (χ2n) is 3.97. The van der Waals surface area contributed by atoms with Gasteiger partial charge in [0.1, 0.15) is 5.56 Å². The molecule has 0 saturated carbocycles. The summed E-state index contributed by atoms with van der Waals surface area (Å²) in [5, 5.41) is -0.632. The molecule has 9 heteroatoms. The van der Waals surface area contributed by atoms with Crippen molar-refractivity contribution in [1.82, 2.24) is 4.98 Å². The molecular weight excluding hydrogens is 349 g/mol. The third-order valence-corrected chi connectivity index (χ3v) is 3.34. The van der Waals surface area contributed by atoms with Gasteiger partial charge in [-0.2, -0.15) is 0 Å². The Morgan fingerprint density at radius 3 is 1.70 bits per heavy atom. The van der Waals surface area contributed by atoms with Crippen molar-refractivity contribution >= 4 is 41.1 Å². The first-order chi connectivity index (χ1) is 10.9. The Balaban J connectivity index is 3.56. The molecule has 0 atom stereocenters. The summed E-state index contributed by atoms with van der Waals surface area (Å²) < 4.78 is 14.5. The van der Waals surface area contributed by atoms with E-state index in [2.05, 4.69) is 4.98 Å². The summed E-state index contributed by atoms with van der Waals surface area (Å²) in [7, 11) is 0. The molecule has 7 nitrogen and oxygen atoms in total. The number of hydrogen-bond donors (Lipinski definition) is 0. The quantitative estimate of drug-likeness (QED) is 0.566. The van der Waals surface area contributed by atoms with Crippen LogP contribution in [0.4, 0.5) is 0 Å². The maximum atomic E-state index is 12.0. The van der Waals surface area contributed by atoms with E-state index in [0.717, 1.165) is 0 Å². The average molecular weight is 364 g/mol. The average Bonchev–Trinajstić information content (AvgIpc) is 2.50. The summed E-state index contributed by atoms with van der Waals surface area (Å²) in [4.78, 5) is 39.7. The third-order valence-electron chi connectivity index (χ3n) is 2.50. The van der Waals surface area contributed by atoms with Gasteiger partial charge in [0, 0.05) is 0 Å². The molecular formula is C14H15Cl2NO6. The summed E-state index contributed by atoms with van der Waals surface area (Å²) in [6, 6.07) is 0. The van der Waals surface area contributed by atoms with Crippen molar-refractivity contribution in [2.45, 2.75) is 20.8 Å². The fourth-order valence-corrected chi connectivity index (χ4v) is 2.08. The van der Waals surface area contributed by atoms with Gasteiger partial charge in [-0.3, -0.25) is 0 Å². The van der Waals surface area contributed by atoms with Crippen LogP contribution in [-0.4, -0.2) is 42.7 Å². The Kier molecular flexibility index (Phi) is 7.25. The Labute approximate surface area is 142 Å². The van der Waals surface area contributed by atoms with Gasteiger partial charge in [0.15, 0.2) is 11.4 Å². The molecule has 1 heterocycles. The highest BCUT2D eigenvalue weighted by Crippen LogP contribution is 2.32. The molecule has 126 valence electrons. The lowest BCUT2D eigenvalue weighted by Gasteiger charge is -2.13. The minimum absolute atomic E-state index is 0.0394. The van der Waals surface area contributed by atoms with E-state index in [9.17, 15) is 14.4 Å². The van der Waals surface area contributed by atoms with E-state index >= 15 is 0 Å². The molecule has 1 aromatic heterocycles. The molecule has 0 fully saturated rings. The van der Waals surface area contributed by atoms with Crippen LogP contribution in [0.25, 0.3) is 0 Å². The normalized spacial score (nSPS) is 10.1. The number of carbonyl (C=O) groups excluding carboxylic acids is 3. The molecule has 0 aliphatic rings. The largest absolute Gasteiger partial charge is 0.462 e. The van der Waals surface area contributed by atoms with Gasteiger partial charge in [-0.1, -0.05) is 23.2 Å². The molecule has 0 aromatic carbocycles. The van der Waals surface area contributed by atoms with Gasteiger partial charge in [0.25, 0.3) is 0 Å². The number of esters is 3. The highest BCUT2D eigenvalue weighted by Gasteiger charge is 2.30. The smallest absolute Gasteiger partial charge is 0.358 e. The van der Waals surface area contributed by atoms with Crippen molar-refractivity contribution in [3.63, 3.8) is 0 Å². The van der Waals surface area contributed by atoms with Crippen molar-refractivity contribution in [3.05, 3.63) is 27.0 Å². The van der Waals surface area contributed by atoms with Crippen molar-refractivity contribution in [2.75, 3.05) is 19.8 Å². The zero-order valence-electron chi connectivity index (χ0n) is 12.8. The first-order valence-corrected chi connectivity index (χ1v) is 7.54. The molecule has 0 N–H and O–H groups in total. The van der Waals surface area contributed by atoms with Gasteiger partial charge < -0.3 is 14.2 Å². The van der Waals surface area contributed by atoms with E-state index in [1.807, 2.05) is 0 Å². The summed E-state index contributed by atoms with van der Waals surface area (Å²) in [5.41, 5.74) is -1.19. The SMILES string of the molecule is CCOC(=O)c1nc(C(=O)OCC)c(C(=O)OCC)c(Cl)c1Cl. The Morgan fingerprint density at radius 1 is 0.783 bits per heavy atom. The number of rotatable bonds is 6. The van der Waals surface area contributed by atoms with Crippen molar-refractivity contribution in [1.29, 1.82) is 0 Å². The monoisotopic (exact) mass is 363 g/mol. The Morgan fingerprint density at radius 2 is 1.22 bits per heavy atom. The Hall–Kier alpha value is -1.86. The van der Waals surface area contributed by atoms with Gasteiger partial charge >= 0.3 is 17.9 Å². The number of halogens is 2. The number of pyridine rings is 1. The molecule has 0 aliphatic heterocycles. The van der Waals surface area contributed by atoms with Gasteiger partial charge in [-0.15, -0.1) is 0 Å². The van der Waals surface area contributed by atoms with E-state index < -0.39 is 23.6 Å². The summed E-state index contributed by atoms with van der Waals surface area (Å²) in [6.45, 7) is 4.91. The number of ether oxygens (including phenoxy) is 3. The maximum absolute atomic E-state index is 12.0. The number of carbonyl (C=O) groups is 3. The lowest BCUT2D eigenvalue weighted by atomic mass is 10.1. The van der Waals surface area contributed by atoms with Crippen LogP contribution in [0.3, 0.4) is 0 Å². The van der Waals surface area contributed by atoms with E-state index in [1.165, 1.54) is 0 Å². The van der Waals surface area contributed by atoms with Crippen LogP contribution >= 0.6 is 23.2 Å². The molecule has 0 bridgehead atoms. The van der Waals surface area contributed by atoms with Crippen molar-refractivity contribution < 1.29 is 28.6 Å². The molecule has 23 heavy (non-hydrogen) atoms. The van der Waals surface area contributed by atoms with Crippen LogP contribution < -0.4 is 0 Å². The second kappa shape index (κ2) is 8.69. The lowest BCUT2D eigenvalue weighted by Crippen LogP contribution is -2.20. The molecule has 0 spiro atoms. The summed E-state index contributed by atoms with van der Waals surface area (Å²) in [5.74, 6) is -2.70. The molecule has 0 unspecified atom stereocenters. The number of hydrogen-bond acceptors (Lipinski definition) is 7. The summed E-state index contributed by atoms with van der Waals surface area (Å²) in [6.07, 6.45) is 0. The molecule has 1 aromatic rings. The van der Waals surface area contributed by atoms with Crippen LogP contribution in [0.5, 0.6) is 0 Å². The Bertz CT molecular complexity index is 632. The zero-order chi connectivity index (χ0) is 17.6. The van der Waals surface area contributed by atoms with E-state index in [0.29, 0.717) is 0 Å². The van der Waals surface area contributed by atoms with Crippen LogP contribution in [0.15, 0.2) is 0 Å². The third kappa shape index (κ3) is 4.33. The van der Waals surface area contributed by atoms with Crippen molar-refractivity contribution in [2.24, 2.45) is 0 Å². The molecule has 0 radical (unpaired) electrons. The van der Waals surface area contributed by atoms with E-state index in [-0.39, 0.29) is 41.1 Å². The van der Waals surface area contributed by atoms with Gasteiger partial charge in [-0.25, -0.2) is 19.4 Å². The highest BCUT2D eigenvalue weighted by atomic mass is 35.5. The first-order valence-electron chi connectivity index (χ1n) is 6.79. The molecule has 1 rings (SSSR count). The molecule has 0 aliphatic carbocycles. The fourth-order valence-electron chi connectivity index (χ4n) is 1.61. The molecule has 0 saturated heterocycles. The minimum Gasteiger partial charge on any atom is -0.462 e. The topological polar surface area (TPSA) is 91.8 Å². The van der Waals surface area contributed by atoms with Crippen LogP contribution in [-0.2, 0) is 14.2 Å². The number of nitrogens with zero attached hydrogens (tertiary/aromatic N) is 1. The predicted molar refractivity (Wildman–Crippen MR) is 82.1 cm³/mol. The lowest BCUT2D eigenvalue weighted by molar-refractivity contribution is 0.0467. The van der Waals surface area contributed by atoms with Gasteiger partial charge in [0.2, 0.25) is 0 Å². The summed E-state index contributed by atoms with van der Waals surface area (Å²) >= 11 is 12.0. The van der Waals surface area contributed by atoms with Gasteiger partial charge in [0.05, 0.1) is 29.9 Å². The van der Waals surface area contributed by atoms with E-state index in [1.54, 1.807) is 20.8 Å². The van der Waals surface area contributed by atoms with Crippen molar-refractivity contribution in [3.8, 4) is 0 Å². The molecule has 0 amide bonds. The maximum Gasteiger partial charge on any atom is 0.358 e. The van der Waals surface area contributed by atoms with E-state index in [4.69, 9.17) is 37.4 Å². The minimum atomic E-state index is -0.931. The zero-order valence-corrected chi connectivity index (χ0v) is 14.3. The number of aromatic nitrogens is 1. The standard InChI is InChI=1S/C14H15Cl2NO6/c1-4-21-12(18)7-8(15)9(16)11(14(20)23-6-3)17-10(7)13(19)22-5-2/h4-6H2,1-3H3. The first kappa shape index (κ1) is 19.2. The highest BCUT2D eigenvalue weighted by molar-refractivity contribution is 6.45.